The van der Waals surface area contributed by atoms with E-state index in [0.717, 1.165) is 66.9 Å². The van der Waals surface area contributed by atoms with Crippen LogP contribution < -0.4 is 4.74 Å². The Morgan fingerprint density at radius 1 is 0.711 bits per heavy atom. The average Bonchev–Trinajstić information content (AvgIpc) is 3.61. The maximum atomic E-state index is 6.00. The van der Waals surface area contributed by atoms with E-state index in [0.29, 0.717) is 6.61 Å². The number of nitrogens with one attached hydrogen (secondary N) is 2. The summed E-state index contributed by atoms with van der Waals surface area (Å²) in [5.74, 6) is 0.725. The molecule has 2 N–H and O–H groups in total. The fraction of sp³-hybridized carbons (Fsp3) is 0.0323. The Morgan fingerprint density at radius 3 is 2.53 bits per heavy atom. The molecule has 182 valence electrons. The van der Waals surface area contributed by atoms with Crippen LogP contribution in [0.3, 0.4) is 0 Å². The lowest BCUT2D eigenvalue weighted by atomic mass is 10.0. The molecular formula is C31H22N6O. The van der Waals surface area contributed by atoms with E-state index in [2.05, 4.69) is 54.4 Å². The molecule has 0 amide bonds. The molecule has 0 atom stereocenters. The van der Waals surface area contributed by atoms with Crippen molar-refractivity contribution in [3.05, 3.63) is 115 Å². The molecule has 5 aromatic heterocycles. The Kier molecular flexibility index (Phi) is 5.37. The Morgan fingerprint density at radius 2 is 1.63 bits per heavy atom. The van der Waals surface area contributed by atoms with Crippen LogP contribution in [0.4, 0.5) is 0 Å². The van der Waals surface area contributed by atoms with Crippen LogP contribution in [0.15, 0.2) is 110 Å². The summed E-state index contributed by atoms with van der Waals surface area (Å²) in [4.78, 5) is 16.7. The summed E-state index contributed by atoms with van der Waals surface area (Å²) in [5, 5.41) is 9.84. The first kappa shape index (κ1) is 21.9. The first-order valence-electron chi connectivity index (χ1n) is 12.3. The topological polar surface area (TPSA) is 92.4 Å². The molecule has 38 heavy (non-hydrogen) atoms. The van der Waals surface area contributed by atoms with Crippen LogP contribution in [-0.2, 0) is 6.61 Å². The van der Waals surface area contributed by atoms with Gasteiger partial charge in [-0.15, -0.1) is 0 Å². The quantitative estimate of drug-likeness (QED) is 0.265. The maximum absolute atomic E-state index is 6.00. The van der Waals surface area contributed by atoms with E-state index in [9.17, 15) is 0 Å². The smallest absolute Gasteiger partial charge is 0.138 e. The molecular weight excluding hydrogens is 472 g/mol. The molecule has 5 heterocycles. The molecule has 0 saturated heterocycles. The van der Waals surface area contributed by atoms with E-state index < -0.39 is 0 Å². The van der Waals surface area contributed by atoms with Crippen molar-refractivity contribution >= 4 is 21.9 Å². The van der Waals surface area contributed by atoms with Crippen molar-refractivity contribution in [2.45, 2.75) is 6.61 Å². The minimum atomic E-state index is 0.492. The molecule has 7 aromatic rings. The van der Waals surface area contributed by atoms with Gasteiger partial charge in [-0.1, -0.05) is 42.5 Å². The lowest BCUT2D eigenvalue weighted by Gasteiger charge is -2.08. The third kappa shape index (κ3) is 4.06. The molecule has 0 spiro atoms. The SMILES string of the molecule is c1ccc(COc2cncc(-c3ccc4[nH]nc(-c5cc6c(-c7cccnc7)ccnc6[nH]5)c4c3)c2)cc1. The van der Waals surface area contributed by atoms with E-state index in [4.69, 9.17) is 4.74 Å². The average molecular weight is 495 g/mol. The van der Waals surface area contributed by atoms with Gasteiger partial charge in [0.25, 0.3) is 0 Å². The van der Waals surface area contributed by atoms with Crippen molar-refractivity contribution in [1.29, 1.82) is 0 Å². The summed E-state index contributed by atoms with van der Waals surface area (Å²) in [6.45, 7) is 0.492. The molecule has 7 rings (SSSR count). The standard InChI is InChI=1S/C31H22N6O/c1-2-5-20(6-3-1)19-38-24-13-23(17-33-18-24)21-8-9-28-27(14-21)30(37-36-28)29-15-26-25(10-12-34-31(26)35-29)22-7-4-11-32-16-22/h1-18H,19H2,(H,34,35)(H,36,37). The summed E-state index contributed by atoms with van der Waals surface area (Å²) in [6, 6.07) is 26.5. The van der Waals surface area contributed by atoms with Crippen LogP contribution in [0, 0.1) is 0 Å². The summed E-state index contributed by atoms with van der Waals surface area (Å²) in [7, 11) is 0. The number of pyridine rings is 3. The molecule has 0 saturated carbocycles. The minimum absolute atomic E-state index is 0.492. The van der Waals surface area contributed by atoms with Gasteiger partial charge in [-0.3, -0.25) is 15.1 Å². The number of fused-ring (bicyclic) bond motifs is 2. The van der Waals surface area contributed by atoms with Gasteiger partial charge in [-0.25, -0.2) is 4.98 Å². The number of H-pyrrole nitrogens is 2. The van der Waals surface area contributed by atoms with Crippen molar-refractivity contribution in [1.82, 2.24) is 30.1 Å². The van der Waals surface area contributed by atoms with E-state index >= 15 is 0 Å². The highest BCUT2D eigenvalue weighted by molar-refractivity contribution is 6.00. The van der Waals surface area contributed by atoms with Crippen molar-refractivity contribution in [2.75, 3.05) is 0 Å². The van der Waals surface area contributed by atoms with Gasteiger partial charge in [0.1, 0.15) is 23.7 Å². The summed E-state index contributed by atoms with van der Waals surface area (Å²) in [6.07, 6.45) is 9.04. The van der Waals surface area contributed by atoms with Gasteiger partial charge in [0, 0.05) is 46.7 Å². The molecule has 2 aromatic carbocycles. The van der Waals surface area contributed by atoms with Crippen LogP contribution in [0.25, 0.3) is 55.6 Å². The van der Waals surface area contributed by atoms with Gasteiger partial charge in [0.05, 0.1) is 17.4 Å². The van der Waals surface area contributed by atoms with Crippen molar-refractivity contribution < 1.29 is 4.74 Å². The fourth-order valence-electron chi connectivity index (χ4n) is 4.72. The number of hydrogen-bond donors (Lipinski definition) is 2. The predicted molar refractivity (Wildman–Crippen MR) is 148 cm³/mol. The lowest BCUT2D eigenvalue weighted by Crippen LogP contribution is -1.95. The van der Waals surface area contributed by atoms with Gasteiger partial charge in [-0.05, 0) is 53.1 Å². The number of aromatic nitrogens is 6. The van der Waals surface area contributed by atoms with Crippen molar-refractivity contribution in [2.24, 2.45) is 0 Å². The highest BCUT2D eigenvalue weighted by Crippen LogP contribution is 2.34. The van der Waals surface area contributed by atoms with E-state index in [-0.39, 0.29) is 0 Å². The fourth-order valence-corrected chi connectivity index (χ4v) is 4.72. The summed E-state index contributed by atoms with van der Waals surface area (Å²) < 4.78 is 6.00. The third-order valence-corrected chi connectivity index (χ3v) is 6.62. The van der Waals surface area contributed by atoms with Crippen molar-refractivity contribution in [3.8, 4) is 39.4 Å². The van der Waals surface area contributed by atoms with Gasteiger partial charge in [0.2, 0.25) is 0 Å². The normalized spacial score (nSPS) is 11.3. The number of nitrogens with zero attached hydrogens (tertiary/aromatic N) is 4. The van der Waals surface area contributed by atoms with Gasteiger partial charge in [-0.2, -0.15) is 5.10 Å². The highest BCUT2D eigenvalue weighted by Gasteiger charge is 2.15. The second kappa shape index (κ2) is 9.29. The van der Waals surface area contributed by atoms with Crippen LogP contribution in [-0.4, -0.2) is 30.1 Å². The van der Waals surface area contributed by atoms with Crippen LogP contribution >= 0.6 is 0 Å². The monoisotopic (exact) mass is 494 g/mol. The number of rotatable bonds is 6. The summed E-state index contributed by atoms with van der Waals surface area (Å²) in [5.41, 5.74) is 8.72. The van der Waals surface area contributed by atoms with Crippen LogP contribution in [0.5, 0.6) is 5.75 Å². The second-order valence-corrected chi connectivity index (χ2v) is 9.06. The van der Waals surface area contributed by atoms with Crippen LogP contribution in [0.2, 0.25) is 0 Å². The molecule has 7 heteroatoms. The van der Waals surface area contributed by atoms with Gasteiger partial charge >= 0.3 is 0 Å². The molecule has 0 aliphatic carbocycles. The Balaban J connectivity index is 1.24. The second-order valence-electron chi connectivity index (χ2n) is 9.06. The zero-order valence-corrected chi connectivity index (χ0v) is 20.3. The van der Waals surface area contributed by atoms with Gasteiger partial charge < -0.3 is 9.72 Å². The molecule has 0 aliphatic heterocycles. The first-order chi connectivity index (χ1) is 18.8. The van der Waals surface area contributed by atoms with Gasteiger partial charge in [0.15, 0.2) is 0 Å². The third-order valence-electron chi connectivity index (χ3n) is 6.62. The molecule has 0 aliphatic rings. The largest absolute Gasteiger partial charge is 0.487 e. The molecule has 0 fully saturated rings. The molecule has 7 nitrogen and oxygen atoms in total. The number of hydrogen-bond acceptors (Lipinski definition) is 5. The van der Waals surface area contributed by atoms with Crippen LogP contribution in [0.1, 0.15) is 5.56 Å². The Hall–Kier alpha value is -5.30. The Bertz CT molecular complexity index is 1880. The maximum Gasteiger partial charge on any atom is 0.138 e. The van der Waals surface area contributed by atoms with E-state index in [1.54, 1.807) is 12.4 Å². The first-order valence-corrected chi connectivity index (χ1v) is 12.3. The lowest BCUT2D eigenvalue weighted by molar-refractivity contribution is 0.305. The number of aromatic amines is 2. The Labute approximate surface area is 218 Å². The molecule has 0 unspecified atom stereocenters. The van der Waals surface area contributed by atoms with E-state index in [1.165, 1.54) is 0 Å². The van der Waals surface area contributed by atoms with Crippen molar-refractivity contribution in [3.63, 3.8) is 0 Å². The number of benzene rings is 2. The zero-order chi connectivity index (χ0) is 25.3. The summed E-state index contributed by atoms with van der Waals surface area (Å²) >= 11 is 0. The highest BCUT2D eigenvalue weighted by atomic mass is 16.5. The van der Waals surface area contributed by atoms with E-state index in [1.807, 2.05) is 73.2 Å². The zero-order valence-electron chi connectivity index (χ0n) is 20.3. The number of ether oxygens (including phenoxy) is 1. The predicted octanol–water partition coefficient (Wildman–Crippen LogP) is 6.81. The molecule has 0 radical (unpaired) electrons. The molecule has 0 bridgehead atoms. The minimum Gasteiger partial charge on any atom is -0.487 e.